The van der Waals surface area contributed by atoms with Crippen LogP contribution in [0.5, 0.6) is 0 Å². The number of aliphatic carboxylic acids is 1. The van der Waals surface area contributed by atoms with E-state index in [1.807, 2.05) is 6.07 Å². The first-order chi connectivity index (χ1) is 6.94. The van der Waals surface area contributed by atoms with Gasteiger partial charge in [-0.25, -0.2) is 4.79 Å². The minimum absolute atomic E-state index is 0.111. The van der Waals surface area contributed by atoms with E-state index in [9.17, 15) is 15.0 Å². The molecule has 4 nitrogen and oxygen atoms in total. The SMILES string of the molecule is C[C@@](O)(C(=O)O)[C@H](O)Cc1ccccc1. The van der Waals surface area contributed by atoms with Gasteiger partial charge in [0.05, 0.1) is 6.10 Å². The zero-order chi connectivity index (χ0) is 11.5. The van der Waals surface area contributed by atoms with Gasteiger partial charge in [-0.3, -0.25) is 0 Å². The summed E-state index contributed by atoms with van der Waals surface area (Å²) < 4.78 is 0. The summed E-state index contributed by atoms with van der Waals surface area (Å²) in [5.41, 5.74) is -1.33. The molecule has 15 heavy (non-hydrogen) atoms. The molecule has 1 aromatic carbocycles. The zero-order valence-electron chi connectivity index (χ0n) is 8.42. The Morgan fingerprint density at radius 1 is 1.40 bits per heavy atom. The van der Waals surface area contributed by atoms with Crippen molar-refractivity contribution in [3.8, 4) is 0 Å². The molecule has 0 amide bonds. The molecule has 0 bridgehead atoms. The molecule has 0 aliphatic heterocycles. The van der Waals surface area contributed by atoms with E-state index >= 15 is 0 Å². The normalized spacial score (nSPS) is 16.7. The van der Waals surface area contributed by atoms with Crippen LogP contribution in [-0.2, 0) is 11.2 Å². The maximum atomic E-state index is 10.6. The lowest BCUT2D eigenvalue weighted by Gasteiger charge is -2.24. The van der Waals surface area contributed by atoms with E-state index in [4.69, 9.17) is 5.11 Å². The summed E-state index contributed by atoms with van der Waals surface area (Å²) in [5.74, 6) is -1.43. The van der Waals surface area contributed by atoms with E-state index in [0.29, 0.717) is 0 Å². The predicted octanol–water partition coefficient (Wildman–Crippen LogP) is 0.426. The van der Waals surface area contributed by atoms with E-state index in [1.54, 1.807) is 24.3 Å². The highest BCUT2D eigenvalue weighted by Gasteiger charge is 2.38. The maximum absolute atomic E-state index is 10.6. The number of carbonyl (C=O) groups is 1. The molecule has 0 saturated heterocycles. The van der Waals surface area contributed by atoms with Gasteiger partial charge in [-0.1, -0.05) is 30.3 Å². The first kappa shape index (κ1) is 11.7. The summed E-state index contributed by atoms with van der Waals surface area (Å²) in [4.78, 5) is 10.6. The van der Waals surface area contributed by atoms with Crippen molar-refractivity contribution >= 4 is 5.97 Å². The molecule has 3 N–H and O–H groups in total. The Morgan fingerprint density at radius 3 is 2.40 bits per heavy atom. The fourth-order valence-electron chi connectivity index (χ4n) is 1.18. The molecule has 0 aliphatic rings. The number of hydrogen-bond donors (Lipinski definition) is 3. The molecule has 2 atom stereocenters. The fourth-order valence-corrected chi connectivity index (χ4v) is 1.18. The van der Waals surface area contributed by atoms with Gasteiger partial charge in [-0.15, -0.1) is 0 Å². The van der Waals surface area contributed by atoms with E-state index in [0.717, 1.165) is 12.5 Å². The minimum atomic E-state index is -2.12. The van der Waals surface area contributed by atoms with Crippen molar-refractivity contribution in [2.75, 3.05) is 0 Å². The van der Waals surface area contributed by atoms with Crippen LogP contribution < -0.4 is 0 Å². The molecule has 0 radical (unpaired) electrons. The van der Waals surface area contributed by atoms with Crippen LogP contribution in [0.25, 0.3) is 0 Å². The Hall–Kier alpha value is -1.39. The van der Waals surface area contributed by atoms with Gasteiger partial charge in [-0.2, -0.15) is 0 Å². The van der Waals surface area contributed by atoms with E-state index < -0.39 is 17.7 Å². The molecule has 0 fully saturated rings. The summed E-state index contributed by atoms with van der Waals surface area (Å²) in [6.45, 7) is 1.09. The Morgan fingerprint density at radius 2 is 1.93 bits per heavy atom. The molecule has 0 unspecified atom stereocenters. The van der Waals surface area contributed by atoms with Crippen LogP contribution in [0.3, 0.4) is 0 Å². The molecular weight excluding hydrogens is 196 g/mol. The predicted molar refractivity (Wildman–Crippen MR) is 54.4 cm³/mol. The zero-order valence-corrected chi connectivity index (χ0v) is 8.42. The molecular formula is C11H14O4. The van der Waals surface area contributed by atoms with Gasteiger partial charge in [0.1, 0.15) is 0 Å². The third kappa shape index (κ3) is 2.78. The number of benzene rings is 1. The number of carboxylic acid groups (broad SMARTS) is 1. The minimum Gasteiger partial charge on any atom is -0.479 e. The topological polar surface area (TPSA) is 77.8 Å². The molecule has 1 aromatic rings. The van der Waals surface area contributed by atoms with Crippen molar-refractivity contribution in [3.05, 3.63) is 35.9 Å². The molecule has 0 aromatic heterocycles. The number of hydrogen-bond acceptors (Lipinski definition) is 3. The summed E-state index contributed by atoms with van der Waals surface area (Å²) in [5, 5.41) is 27.7. The Bertz CT molecular complexity index is 332. The standard InChI is InChI=1S/C11H14O4/c1-11(15,10(13)14)9(12)7-8-5-3-2-4-6-8/h2-6,9,12,15H,7H2,1H3,(H,13,14)/t9-,11+/m1/s1. The van der Waals surface area contributed by atoms with Crippen molar-refractivity contribution in [1.82, 2.24) is 0 Å². The summed E-state index contributed by atoms with van der Waals surface area (Å²) >= 11 is 0. The van der Waals surface area contributed by atoms with Gasteiger partial charge < -0.3 is 15.3 Å². The second kappa shape index (κ2) is 4.42. The number of aliphatic hydroxyl groups is 2. The lowest BCUT2D eigenvalue weighted by molar-refractivity contribution is -0.168. The summed E-state index contributed by atoms with van der Waals surface area (Å²) in [6, 6.07) is 8.93. The van der Waals surface area contributed by atoms with Crippen molar-refractivity contribution < 1.29 is 20.1 Å². The second-order valence-electron chi connectivity index (χ2n) is 3.66. The third-order valence-corrected chi connectivity index (χ3v) is 2.35. The van der Waals surface area contributed by atoms with Crippen LogP contribution in [0.2, 0.25) is 0 Å². The van der Waals surface area contributed by atoms with Gasteiger partial charge in [0, 0.05) is 6.42 Å². The van der Waals surface area contributed by atoms with E-state index in [-0.39, 0.29) is 6.42 Å². The van der Waals surface area contributed by atoms with Gasteiger partial charge in [-0.05, 0) is 12.5 Å². The van der Waals surface area contributed by atoms with Crippen LogP contribution in [0.4, 0.5) is 0 Å². The molecule has 0 aliphatic carbocycles. The van der Waals surface area contributed by atoms with Gasteiger partial charge >= 0.3 is 5.97 Å². The van der Waals surface area contributed by atoms with Gasteiger partial charge in [0.25, 0.3) is 0 Å². The highest BCUT2D eigenvalue weighted by molar-refractivity contribution is 5.77. The molecule has 4 heteroatoms. The monoisotopic (exact) mass is 210 g/mol. The lowest BCUT2D eigenvalue weighted by Crippen LogP contribution is -2.47. The molecule has 1 rings (SSSR count). The number of carboxylic acids is 1. The smallest absolute Gasteiger partial charge is 0.338 e. The van der Waals surface area contributed by atoms with Crippen LogP contribution >= 0.6 is 0 Å². The highest BCUT2D eigenvalue weighted by atomic mass is 16.4. The van der Waals surface area contributed by atoms with Crippen molar-refractivity contribution in [2.24, 2.45) is 0 Å². The number of aliphatic hydroxyl groups excluding tert-OH is 1. The van der Waals surface area contributed by atoms with Crippen molar-refractivity contribution in [2.45, 2.75) is 25.0 Å². The lowest BCUT2D eigenvalue weighted by atomic mass is 9.93. The molecule has 0 spiro atoms. The maximum Gasteiger partial charge on any atom is 0.338 e. The molecule has 0 heterocycles. The number of rotatable bonds is 4. The summed E-state index contributed by atoms with van der Waals surface area (Å²) in [7, 11) is 0. The Kier molecular flexibility index (Phi) is 3.44. The third-order valence-electron chi connectivity index (χ3n) is 2.35. The van der Waals surface area contributed by atoms with Crippen molar-refractivity contribution in [1.29, 1.82) is 0 Å². The van der Waals surface area contributed by atoms with Crippen LogP contribution in [0.15, 0.2) is 30.3 Å². The van der Waals surface area contributed by atoms with Gasteiger partial charge in [0.2, 0.25) is 0 Å². The largest absolute Gasteiger partial charge is 0.479 e. The van der Waals surface area contributed by atoms with E-state index in [1.165, 1.54) is 0 Å². The van der Waals surface area contributed by atoms with Crippen LogP contribution in [0.1, 0.15) is 12.5 Å². The van der Waals surface area contributed by atoms with E-state index in [2.05, 4.69) is 0 Å². The fraction of sp³-hybridized carbons (Fsp3) is 0.364. The average Bonchev–Trinajstić information content (AvgIpc) is 2.18. The highest BCUT2D eigenvalue weighted by Crippen LogP contribution is 2.15. The summed E-state index contributed by atoms with van der Waals surface area (Å²) in [6.07, 6.45) is -1.21. The van der Waals surface area contributed by atoms with Crippen LogP contribution in [-0.4, -0.2) is 33.0 Å². The van der Waals surface area contributed by atoms with Crippen molar-refractivity contribution in [3.63, 3.8) is 0 Å². The van der Waals surface area contributed by atoms with Crippen LogP contribution in [0, 0.1) is 0 Å². The first-order valence-corrected chi connectivity index (χ1v) is 4.62. The first-order valence-electron chi connectivity index (χ1n) is 4.62. The van der Waals surface area contributed by atoms with Gasteiger partial charge in [0.15, 0.2) is 5.60 Å². The average molecular weight is 210 g/mol. The molecule has 0 saturated carbocycles. The second-order valence-corrected chi connectivity index (χ2v) is 3.66. The molecule has 82 valence electrons. The quantitative estimate of drug-likeness (QED) is 0.673. The Balaban J connectivity index is 2.72. The Labute approximate surface area is 87.8 Å².